The van der Waals surface area contributed by atoms with Crippen LogP contribution in [-0.4, -0.2) is 9.55 Å². The largest absolute Gasteiger partial charge is 0.327 e. The molecule has 94 valence electrons. The minimum absolute atomic E-state index is 0.0167. The Balaban J connectivity index is 2.41. The van der Waals surface area contributed by atoms with Gasteiger partial charge in [0.25, 0.3) is 0 Å². The maximum Gasteiger partial charge on any atom is 0.109 e. The second-order valence-corrected chi connectivity index (χ2v) is 4.76. The van der Waals surface area contributed by atoms with Crippen LogP contribution in [0.1, 0.15) is 32.5 Å². The first-order valence-electron chi connectivity index (χ1n) is 6.60. The lowest BCUT2D eigenvalue weighted by Crippen LogP contribution is -2.09. The van der Waals surface area contributed by atoms with Crippen molar-refractivity contribution in [2.45, 2.75) is 39.7 Å². The lowest BCUT2D eigenvalue weighted by atomic mass is 10.2. The Labute approximate surface area is 108 Å². The summed E-state index contributed by atoms with van der Waals surface area (Å²) >= 11 is 0. The fourth-order valence-corrected chi connectivity index (χ4v) is 2.17. The van der Waals surface area contributed by atoms with E-state index < -0.39 is 0 Å². The molecule has 0 fully saturated rings. The van der Waals surface area contributed by atoms with Gasteiger partial charge in [-0.05, 0) is 25.5 Å². The molecule has 0 N–H and O–H groups in total. The molecule has 0 aliphatic carbocycles. The van der Waals surface area contributed by atoms with Crippen molar-refractivity contribution in [3.05, 3.63) is 30.1 Å². The Morgan fingerprint density at radius 1 is 1.39 bits per heavy atom. The Morgan fingerprint density at radius 3 is 2.89 bits per heavy atom. The van der Waals surface area contributed by atoms with Crippen LogP contribution in [0.4, 0.5) is 0 Å². The first-order valence-corrected chi connectivity index (χ1v) is 6.60. The summed E-state index contributed by atoms with van der Waals surface area (Å²) in [6, 6.07) is 10.5. The summed E-state index contributed by atoms with van der Waals surface area (Å²) < 4.78 is 2.21. The Morgan fingerprint density at radius 2 is 2.17 bits per heavy atom. The summed E-state index contributed by atoms with van der Waals surface area (Å²) in [5, 5.41) is 8.99. The lowest BCUT2D eigenvalue weighted by Gasteiger charge is -2.10. The zero-order valence-electron chi connectivity index (χ0n) is 11.1. The van der Waals surface area contributed by atoms with Crippen LogP contribution in [0, 0.1) is 17.2 Å². The van der Waals surface area contributed by atoms with E-state index in [1.54, 1.807) is 0 Å². The normalized spacial score (nSPS) is 12.5. The summed E-state index contributed by atoms with van der Waals surface area (Å²) in [7, 11) is 0. The van der Waals surface area contributed by atoms with Gasteiger partial charge in [-0.2, -0.15) is 5.26 Å². The van der Waals surface area contributed by atoms with Gasteiger partial charge in [-0.3, -0.25) is 0 Å². The Bertz CT molecular complexity index is 563. The van der Waals surface area contributed by atoms with Crippen molar-refractivity contribution in [3.8, 4) is 6.07 Å². The maximum atomic E-state index is 8.99. The monoisotopic (exact) mass is 241 g/mol. The minimum atomic E-state index is 0.0167. The van der Waals surface area contributed by atoms with Crippen molar-refractivity contribution in [3.63, 3.8) is 0 Å². The van der Waals surface area contributed by atoms with E-state index in [2.05, 4.69) is 23.6 Å². The zero-order valence-corrected chi connectivity index (χ0v) is 11.1. The molecule has 0 spiro atoms. The van der Waals surface area contributed by atoms with Crippen LogP contribution in [0.25, 0.3) is 11.0 Å². The van der Waals surface area contributed by atoms with Crippen molar-refractivity contribution < 1.29 is 0 Å². The van der Waals surface area contributed by atoms with Crippen molar-refractivity contribution in [2.24, 2.45) is 5.92 Å². The molecule has 3 heteroatoms. The molecule has 2 rings (SSSR count). The third-order valence-electron chi connectivity index (χ3n) is 3.16. The third kappa shape index (κ3) is 2.53. The van der Waals surface area contributed by atoms with Gasteiger partial charge in [0.05, 0.1) is 23.0 Å². The average Bonchev–Trinajstić information content (AvgIpc) is 2.74. The van der Waals surface area contributed by atoms with Gasteiger partial charge >= 0.3 is 0 Å². The Hall–Kier alpha value is -1.82. The van der Waals surface area contributed by atoms with E-state index in [0.29, 0.717) is 0 Å². The second-order valence-electron chi connectivity index (χ2n) is 4.76. The quantitative estimate of drug-likeness (QED) is 0.803. The fraction of sp³-hybridized carbons (Fsp3) is 0.467. The third-order valence-corrected chi connectivity index (χ3v) is 3.16. The molecule has 18 heavy (non-hydrogen) atoms. The number of nitrogens with zero attached hydrogens (tertiary/aromatic N) is 3. The summed E-state index contributed by atoms with van der Waals surface area (Å²) in [6.07, 6.45) is 3.30. The van der Waals surface area contributed by atoms with E-state index in [-0.39, 0.29) is 5.92 Å². The predicted molar refractivity (Wildman–Crippen MR) is 73.1 cm³/mol. The number of unbranched alkanes of at least 4 members (excludes halogenated alkanes) is 1. The van der Waals surface area contributed by atoms with E-state index in [4.69, 9.17) is 10.2 Å². The van der Waals surface area contributed by atoms with Crippen LogP contribution in [-0.2, 0) is 13.0 Å². The molecule has 0 saturated carbocycles. The molecule has 1 heterocycles. The summed E-state index contributed by atoms with van der Waals surface area (Å²) in [5.74, 6) is 1.13. The van der Waals surface area contributed by atoms with Crippen molar-refractivity contribution >= 4 is 11.0 Å². The molecule has 0 aliphatic heterocycles. The fourth-order valence-electron chi connectivity index (χ4n) is 2.17. The molecule has 0 amide bonds. The van der Waals surface area contributed by atoms with Crippen molar-refractivity contribution in [1.82, 2.24) is 9.55 Å². The van der Waals surface area contributed by atoms with E-state index >= 15 is 0 Å². The van der Waals surface area contributed by atoms with Crippen LogP contribution >= 0.6 is 0 Å². The number of imidazole rings is 1. The maximum absolute atomic E-state index is 8.99. The Kier molecular flexibility index (Phi) is 3.99. The molecular formula is C15H19N3. The predicted octanol–water partition coefficient (Wildman–Crippen LogP) is 3.54. The van der Waals surface area contributed by atoms with Gasteiger partial charge in [0.15, 0.2) is 0 Å². The van der Waals surface area contributed by atoms with Crippen molar-refractivity contribution in [2.75, 3.05) is 0 Å². The van der Waals surface area contributed by atoms with E-state index in [1.807, 2.05) is 25.1 Å². The van der Waals surface area contributed by atoms with Crippen molar-refractivity contribution in [1.29, 1.82) is 5.26 Å². The van der Waals surface area contributed by atoms with Crippen LogP contribution in [0.3, 0.4) is 0 Å². The summed E-state index contributed by atoms with van der Waals surface area (Å²) in [6.45, 7) is 4.87. The van der Waals surface area contributed by atoms with Crippen LogP contribution in [0.15, 0.2) is 24.3 Å². The standard InChI is InChI=1S/C15H19N3/c1-3-4-9-15-17-13-7-5-6-8-14(13)18(15)11-12(2)10-16/h5-8,12H,3-4,9,11H2,1-2H3. The number of aryl methyl sites for hydroxylation is 1. The van der Waals surface area contributed by atoms with E-state index in [1.165, 1.54) is 0 Å². The second kappa shape index (κ2) is 5.68. The molecule has 1 atom stereocenters. The molecule has 3 nitrogen and oxygen atoms in total. The zero-order chi connectivity index (χ0) is 13.0. The molecule has 2 aromatic rings. The highest BCUT2D eigenvalue weighted by molar-refractivity contribution is 5.75. The van der Waals surface area contributed by atoms with Crippen LogP contribution in [0.5, 0.6) is 0 Å². The number of para-hydroxylation sites is 2. The molecule has 0 aliphatic rings. The van der Waals surface area contributed by atoms with E-state index in [0.717, 1.165) is 42.7 Å². The molecule has 0 saturated heterocycles. The summed E-state index contributed by atoms with van der Waals surface area (Å²) in [5.41, 5.74) is 2.18. The first-order chi connectivity index (χ1) is 8.76. The summed E-state index contributed by atoms with van der Waals surface area (Å²) in [4.78, 5) is 4.69. The smallest absolute Gasteiger partial charge is 0.109 e. The molecule has 1 aromatic heterocycles. The molecule has 1 unspecified atom stereocenters. The van der Waals surface area contributed by atoms with Gasteiger partial charge in [-0.1, -0.05) is 25.5 Å². The average molecular weight is 241 g/mol. The van der Waals surface area contributed by atoms with Gasteiger partial charge in [0, 0.05) is 13.0 Å². The number of rotatable bonds is 5. The van der Waals surface area contributed by atoms with Gasteiger partial charge in [0.1, 0.15) is 5.82 Å². The van der Waals surface area contributed by atoms with Gasteiger partial charge in [-0.15, -0.1) is 0 Å². The van der Waals surface area contributed by atoms with Gasteiger partial charge in [-0.25, -0.2) is 4.98 Å². The van der Waals surface area contributed by atoms with Crippen LogP contribution < -0.4 is 0 Å². The minimum Gasteiger partial charge on any atom is -0.327 e. The topological polar surface area (TPSA) is 41.6 Å². The molecular weight excluding hydrogens is 222 g/mol. The number of hydrogen-bond donors (Lipinski definition) is 0. The van der Waals surface area contributed by atoms with Crippen LogP contribution in [0.2, 0.25) is 0 Å². The first kappa shape index (κ1) is 12.6. The highest BCUT2D eigenvalue weighted by Gasteiger charge is 2.12. The van der Waals surface area contributed by atoms with Gasteiger partial charge in [0.2, 0.25) is 0 Å². The molecule has 0 bridgehead atoms. The highest BCUT2D eigenvalue weighted by atomic mass is 15.1. The molecule has 1 aromatic carbocycles. The number of fused-ring (bicyclic) bond motifs is 1. The number of hydrogen-bond acceptors (Lipinski definition) is 2. The van der Waals surface area contributed by atoms with E-state index in [9.17, 15) is 0 Å². The van der Waals surface area contributed by atoms with Gasteiger partial charge < -0.3 is 4.57 Å². The number of aromatic nitrogens is 2. The highest BCUT2D eigenvalue weighted by Crippen LogP contribution is 2.19. The SMILES string of the molecule is CCCCc1nc2ccccc2n1CC(C)C#N. The number of nitriles is 1. The molecule has 0 radical (unpaired) electrons. The number of benzene rings is 1. The lowest BCUT2D eigenvalue weighted by molar-refractivity contribution is 0.562.